The molecule has 7 nitrogen and oxygen atoms in total. The highest BCUT2D eigenvalue weighted by Gasteiger charge is 2.35. The third-order valence-electron chi connectivity index (χ3n) is 4.46. The molecule has 0 spiro atoms. The van der Waals surface area contributed by atoms with Crippen LogP contribution in [-0.2, 0) is 4.79 Å². The van der Waals surface area contributed by atoms with E-state index in [0.717, 1.165) is 5.39 Å². The van der Waals surface area contributed by atoms with Gasteiger partial charge in [0.2, 0.25) is 5.91 Å². The fraction of sp³-hybridized carbons (Fsp3) is 0.333. The first-order valence-electron chi connectivity index (χ1n) is 8.70. The van der Waals surface area contributed by atoms with Crippen LogP contribution in [0.3, 0.4) is 0 Å². The van der Waals surface area contributed by atoms with Crippen molar-refractivity contribution in [2.45, 2.75) is 32.0 Å². The quantitative estimate of drug-likeness (QED) is 0.538. The van der Waals surface area contributed by atoms with Gasteiger partial charge in [-0.2, -0.15) is 13.2 Å². The summed E-state index contributed by atoms with van der Waals surface area (Å²) in [5, 5.41) is 6.00. The van der Waals surface area contributed by atoms with Crippen LogP contribution in [-0.4, -0.2) is 44.1 Å². The van der Waals surface area contributed by atoms with Gasteiger partial charge in [0.15, 0.2) is 5.82 Å². The van der Waals surface area contributed by atoms with Crippen molar-refractivity contribution in [2.75, 3.05) is 11.9 Å². The molecule has 0 saturated carbocycles. The number of rotatable bonds is 6. The zero-order valence-electron chi connectivity index (χ0n) is 15.6. The number of nitrogens with one attached hydrogen (secondary N) is 3. The predicted molar refractivity (Wildman–Crippen MR) is 108 cm³/mol. The van der Waals surface area contributed by atoms with Crippen LogP contribution in [0.5, 0.6) is 0 Å². The van der Waals surface area contributed by atoms with Crippen molar-refractivity contribution in [3.05, 3.63) is 35.7 Å². The lowest BCUT2D eigenvalue weighted by molar-refractivity contribution is -0.140. The maximum absolute atomic E-state index is 12.4. The number of pyridine rings is 1. The van der Waals surface area contributed by atoms with Crippen molar-refractivity contribution in [3.63, 3.8) is 0 Å². The summed E-state index contributed by atoms with van der Waals surface area (Å²) in [5.74, 6) is -0.133. The van der Waals surface area contributed by atoms with Crippen LogP contribution in [0.1, 0.15) is 23.1 Å². The summed E-state index contributed by atoms with van der Waals surface area (Å²) in [6.07, 6.45) is 0.433. The van der Waals surface area contributed by atoms with Crippen LogP contribution in [0.15, 0.2) is 30.7 Å². The van der Waals surface area contributed by atoms with Crippen molar-refractivity contribution in [1.29, 1.82) is 0 Å². The second-order valence-corrected chi connectivity index (χ2v) is 7.06. The fourth-order valence-corrected chi connectivity index (χ4v) is 2.84. The van der Waals surface area contributed by atoms with Gasteiger partial charge >= 0.3 is 6.18 Å². The summed E-state index contributed by atoms with van der Waals surface area (Å²) >= 11 is 6.01. The molecule has 3 N–H and O–H groups in total. The Labute approximate surface area is 172 Å². The predicted octanol–water partition coefficient (Wildman–Crippen LogP) is 4.42. The third kappa shape index (κ3) is 4.76. The number of hydrogen-bond acceptors (Lipinski definition) is 5. The van der Waals surface area contributed by atoms with Crippen molar-refractivity contribution in [2.24, 2.45) is 0 Å². The van der Waals surface area contributed by atoms with E-state index in [2.05, 4.69) is 25.3 Å². The second kappa shape index (κ2) is 7.86. The Kier molecular flexibility index (Phi) is 5.65. The van der Waals surface area contributed by atoms with Gasteiger partial charge in [0.1, 0.15) is 23.5 Å². The van der Waals surface area contributed by atoms with Gasteiger partial charge in [-0.05, 0) is 25.5 Å². The second-order valence-electron chi connectivity index (χ2n) is 6.63. The Balaban J connectivity index is 0.00000240. The Morgan fingerprint density at radius 1 is 1.34 bits per heavy atom. The van der Waals surface area contributed by atoms with Crippen LogP contribution < -0.4 is 10.6 Å². The smallest absolute Gasteiger partial charge is 0.356 e. The van der Waals surface area contributed by atoms with E-state index in [1.54, 1.807) is 19.2 Å². The monoisotopic (exact) mass is 430 g/mol. The summed E-state index contributed by atoms with van der Waals surface area (Å²) in [6, 6.07) is 3.26. The van der Waals surface area contributed by atoms with E-state index in [4.69, 9.17) is 11.6 Å². The van der Waals surface area contributed by atoms with Crippen LogP contribution in [0.4, 0.5) is 19.0 Å². The summed E-state index contributed by atoms with van der Waals surface area (Å²) in [4.78, 5) is 28.2. The molecule has 0 unspecified atom stereocenters. The largest absolute Gasteiger partial charge is 0.405 e. The highest BCUT2D eigenvalue weighted by Crippen LogP contribution is 2.28. The van der Waals surface area contributed by atoms with Gasteiger partial charge in [0, 0.05) is 32.4 Å². The summed E-state index contributed by atoms with van der Waals surface area (Å²) in [6.45, 7) is 1.80. The fourth-order valence-electron chi connectivity index (χ4n) is 2.68. The molecule has 0 saturated heterocycles. The first kappa shape index (κ1) is 20.8. The average Bonchev–Trinajstić information content (AvgIpc) is 3.08. The minimum absolute atomic E-state index is 0. The standard InChI is InChI=1S/C18H18ClF3N6O.2H2/c1-3-17(2,16(29)26-9-18(20,21)22)28-13-4-5-23-15(27-13)12-8-25-14-11(12)6-10(19)7-24-14;;/h4-8H,3,9H2,1-2H3,(H,24,25)(H,26,29)(H,23,27,28);2*1H/t17-;;/m1../s1. The summed E-state index contributed by atoms with van der Waals surface area (Å²) < 4.78 is 37.3. The van der Waals surface area contributed by atoms with Crippen LogP contribution in [0.25, 0.3) is 22.4 Å². The molecule has 0 aromatic carbocycles. The molecular weight excluding hydrogens is 409 g/mol. The average molecular weight is 431 g/mol. The zero-order valence-corrected chi connectivity index (χ0v) is 16.3. The maximum Gasteiger partial charge on any atom is 0.405 e. The number of alkyl halides is 3. The normalized spacial score (nSPS) is 13.9. The molecule has 3 aromatic rings. The minimum atomic E-state index is -4.49. The zero-order chi connectivity index (χ0) is 21.2. The molecule has 0 bridgehead atoms. The van der Waals surface area contributed by atoms with Crippen molar-refractivity contribution in [1.82, 2.24) is 25.3 Å². The molecule has 158 valence electrons. The molecule has 0 aliphatic heterocycles. The highest BCUT2D eigenvalue weighted by molar-refractivity contribution is 6.31. The van der Waals surface area contributed by atoms with Gasteiger partial charge < -0.3 is 15.6 Å². The number of fused-ring (bicyclic) bond motifs is 1. The number of anilines is 1. The van der Waals surface area contributed by atoms with E-state index in [9.17, 15) is 18.0 Å². The van der Waals surface area contributed by atoms with Crippen molar-refractivity contribution < 1.29 is 20.8 Å². The van der Waals surface area contributed by atoms with E-state index in [-0.39, 0.29) is 9.27 Å². The van der Waals surface area contributed by atoms with Gasteiger partial charge in [0.05, 0.1) is 5.02 Å². The minimum Gasteiger partial charge on any atom is -0.356 e. The van der Waals surface area contributed by atoms with Crippen LogP contribution in [0, 0.1) is 0 Å². The molecule has 3 heterocycles. The molecule has 0 aliphatic rings. The molecule has 1 atom stereocenters. The Morgan fingerprint density at radius 3 is 2.79 bits per heavy atom. The lowest BCUT2D eigenvalue weighted by Crippen LogP contribution is -2.52. The first-order chi connectivity index (χ1) is 13.6. The number of nitrogens with zero attached hydrogens (tertiary/aromatic N) is 3. The van der Waals surface area contributed by atoms with Crippen molar-refractivity contribution in [3.8, 4) is 11.4 Å². The number of carbonyl (C=O) groups excluding carboxylic acids is 1. The summed E-state index contributed by atoms with van der Waals surface area (Å²) in [7, 11) is 0. The SMILES string of the molecule is CC[C@@](C)(Nc1ccnc(-c2c[nH]c3ncc(Cl)cc23)n1)C(=O)NCC(F)(F)F.[HH].[HH]. The topological polar surface area (TPSA) is 95.6 Å². The molecule has 0 radical (unpaired) electrons. The maximum atomic E-state index is 12.4. The van der Waals surface area contributed by atoms with Crippen molar-refractivity contribution >= 4 is 34.4 Å². The third-order valence-corrected chi connectivity index (χ3v) is 4.66. The number of H-pyrrole nitrogens is 1. The number of aromatic amines is 1. The summed E-state index contributed by atoms with van der Waals surface area (Å²) in [5.41, 5.74) is -0.0308. The van der Waals surface area contributed by atoms with Gasteiger partial charge in [-0.25, -0.2) is 15.0 Å². The highest BCUT2D eigenvalue weighted by atomic mass is 35.5. The Hall–Kier alpha value is -2.88. The van der Waals surface area contributed by atoms with E-state index in [1.807, 2.05) is 5.32 Å². The molecule has 0 fully saturated rings. The Bertz CT molecular complexity index is 1050. The molecule has 0 aliphatic carbocycles. The van der Waals surface area contributed by atoms with E-state index < -0.39 is 24.2 Å². The number of hydrogen-bond donors (Lipinski definition) is 3. The number of halogens is 4. The Morgan fingerprint density at radius 2 is 2.10 bits per heavy atom. The molecule has 29 heavy (non-hydrogen) atoms. The molecule has 3 aromatic heterocycles. The van der Waals surface area contributed by atoms with Crippen LogP contribution in [0.2, 0.25) is 5.02 Å². The first-order valence-corrected chi connectivity index (χ1v) is 9.08. The molecule has 1 amide bonds. The van der Waals surface area contributed by atoms with E-state index in [0.29, 0.717) is 27.9 Å². The number of aromatic nitrogens is 4. The molecule has 3 rings (SSSR count). The molecular formula is C18H22ClF3N6O. The van der Waals surface area contributed by atoms with Gasteiger partial charge in [-0.1, -0.05) is 18.5 Å². The van der Waals surface area contributed by atoms with Gasteiger partial charge in [0.25, 0.3) is 0 Å². The van der Waals surface area contributed by atoms with Gasteiger partial charge in [-0.15, -0.1) is 0 Å². The van der Waals surface area contributed by atoms with Gasteiger partial charge in [-0.3, -0.25) is 4.79 Å². The van der Waals surface area contributed by atoms with E-state index in [1.165, 1.54) is 25.4 Å². The lowest BCUT2D eigenvalue weighted by atomic mass is 9.97. The number of amides is 1. The number of carbonyl (C=O) groups is 1. The van der Waals surface area contributed by atoms with E-state index >= 15 is 0 Å². The van der Waals surface area contributed by atoms with Crippen LogP contribution >= 0.6 is 11.6 Å². The molecule has 11 heteroatoms. The lowest BCUT2D eigenvalue weighted by Gasteiger charge is -2.29.